The summed E-state index contributed by atoms with van der Waals surface area (Å²) in [4.78, 5) is 18.2. The Bertz CT molecular complexity index is 1130. The molecule has 0 saturated heterocycles. The largest absolute Gasteiger partial charge is 0.497 e. The predicted molar refractivity (Wildman–Crippen MR) is 130 cm³/mol. The molecule has 0 saturated carbocycles. The quantitative estimate of drug-likeness (QED) is 0.313. The SMILES string of the molecule is COc1ccc2c(ccn2CCN)c1.COc1ccc2c(ccn2CCN)c1.O=C(O)C(=O)O. The van der Waals surface area contributed by atoms with Crippen molar-refractivity contribution in [1.82, 2.24) is 9.13 Å². The number of carboxylic acid groups (broad SMARTS) is 2. The van der Waals surface area contributed by atoms with E-state index >= 15 is 0 Å². The number of hydrogen-bond donors (Lipinski definition) is 4. The summed E-state index contributed by atoms with van der Waals surface area (Å²) in [5.74, 6) is -1.86. The fraction of sp³-hybridized carbons (Fsp3) is 0.250. The molecule has 6 N–H and O–H groups in total. The number of aliphatic carboxylic acids is 2. The minimum Gasteiger partial charge on any atom is -0.497 e. The lowest BCUT2D eigenvalue weighted by Gasteiger charge is -2.03. The summed E-state index contributed by atoms with van der Waals surface area (Å²) in [5.41, 5.74) is 13.5. The topological polar surface area (TPSA) is 155 Å². The lowest BCUT2D eigenvalue weighted by Crippen LogP contribution is -2.09. The van der Waals surface area contributed by atoms with E-state index in [-0.39, 0.29) is 0 Å². The molecule has 0 spiro atoms. The van der Waals surface area contributed by atoms with Crippen molar-refractivity contribution < 1.29 is 29.3 Å². The van der Waals surface area contributed by atoms with Crippen LogP contribution in [0, 0.1) is 0 Å². The number of fused-ring (bicyclic) bond motifs is 2. The van der Waals surface area contributed by atoms with Crippen LogP contribution in [-0.4, -0.2) is 58.6 Å². The lowest BCUT2D eigenvalue weighted by atomic mass is 10.2. The average molecular weight is 471 g/mol. The number of aromatic nitrogens is 2. The van der Waals surface area contributed by atoms with Gasteiger partial charge in [-0.25, -0.2) is 9.59 Å². The minimum atomic E-state index is -1.82. The van der Waals surface area contributed by atoms with Gasteiger partial charge in [-0.2, -0.15) is 0 Å². The van der Waals surface area contributed by atoms with Crippen LogP contribution in [0.2, 0.25) is 0 Å². The molecule has 10 nitrogen and oxygen atoms in total. The molecule has 0 atom stereocenters. The zero-order valence-corrected chi connectivity index (χ0v) is 19.2. The summed E-state index contributed by atoms with van der Waals surface area (Å²) < 4.78 is 14.6. The molecule has 0 bridgehead atoms. The van der Waals surface area contributed by atoms with Gasteiger partial charge in [-0.05, 0) is 48.5 Å². The Balaban J connectivity index is 0.000000196. The maximum atomic E-state index is 9.10. The van der Waals surface area contributed by atoms with Gasteiger partial charge in [0.05, 0.1) is 14.2 Å². The highest BCUT2D eigenvalue weighted by molar-refractivity contribution is 6.27. The number of benzene rings is 2. The van der Waals surface area contributed by atoms with Crippen molar-refractivity contribution >= 4 is 33.7 Å². The van der Waals surface area contributed by atoms with Gasteiger partial charge in [0.25, 0.3) is 0 Å². The standard InChI is InChI=1S/2C11H14N2O.C2H2O4/c2*1-14-10-2-3-11-9(8-10)4-6-13(11)7-5-12;3-1(4)2(5)6/h2*2-4,6,8H,5,7,12H2,1H3;(H,3,4)(H,5,6). The van der Waals surface area contributed by atoms with E-state index in [9.17, 15) is 0 Å². The van der Waals surface area contributed by atoms with Crippen molar-refractivity contribution in [2.45, 2.75) is 13.1 Å². The number of ether oxygens (including phenoxy) is 2. The van der Waals surface area contributed by atoms with Crippen LogP contribution in [0.4, 0.5) is 0 Å². The number of methoxy groups -OCH3 is 2. The maximum absolute atomic E-state index is 9.10. The van der Waals surface area contributed by atoms with Gasteiger partial charge >= 0.3 is 11.9 Å². The molecule has 0 amide bonds. The third kappa shape index (κ3) is 6.99. The second-order valence-electron chi connectivity index (χ2n) is 7.06. The highest BCUT2D eigenvalue weighted by Crippen LogP contribution is 2.22. The smallest absolute Gasteiger partial charge is 0.414 e. The predicted octanol–water partition coefficient (Wildman–Crippen LogP) is 2.37. The number of nitrogens with two attached hydrogens (primary N) is 2. The molecule has 0 aliphatic rings. The van der Waals surface area contributed by atoms with Crippen molar-refractivity contribution in [2.75, 3.05) is 27.3 Å². The lowest BCUT2D eigenvalue weighted by molar-refractivity contribution is -0.159. The summed E-state index contributed by atoms with van der Waals surface area (Å²) in [6.45, 7) is 3.04. The van der Waals surface area contributed by atoms with Crippen LogP contribution < -0.4 is 20.9 Å². The number of nitrogens with zero attached hydrogens (tertiary/aromatic N) is 2. The van der Waals surface area contributed by atoms with Crippen molar-refractivity contribution in [1.29, 1.82) is 0 Å². The second kappa shape index (κ2) is 12.9. The molecule has 34 heavy (non-hydrogen) atoms. The molecule has 2 aromatic carbocycles. The van der Waals surface area contributed by atoms with Crippen LogP contribution in [0.25, 0.3) is 21.8 Å². The van der Waals surface area contributed by atoms with Gasteiger partial charge < -0.3 is 40.3 Å². The van der Waals surface area contributed by atoms with Crippen molar-refractivity contribution in [3.05, 3.63) is 60.9 Å². The van der Waals surface area contributed by atoms with E-state index in [2.05, 4.69) is 45.8 Å². The minimum absolute atomic E-state index is 0.663. The van der Waals surface area contributed by atoms with Gasteiger partial charge in [-0.3, -0.25) is 0 Å². The van der Waals surface area contributed by atoms with Gasteiger partial charge in [-0.15, -0.1) is 0 Å². The first-order valence-electron chi connectivity index (χ1n) is 10.5. The Hall–Kier alpha value is -4.02. The third-order valence-corrected chi connectivity index (χ3v) is 4.88. The molecule has 0 radical (unpaired) electrons. The van der Waals surface area contributed by atoms with Crippen LogP contribution in [0.5, 0.6) is 11.5 Å². The van der Waals surface area contributed by atoms with E-state index in [0.717, 1.165) is 24.6 Å². The van der Waals surface area contributed by atoms with Gasteiger partial charge in [0, 0.05) is 60.4 Å². The molecule has 2 aromatic heterocycles. The Morgan fingerprint density at radius 2 is 1.12 bits per heavy atom. The van der Waals surface area contributed by atoms with E-state index in [0.29, 0.717) is 13.1 Å². The molecule has 182 valence electrons. The zero-order valence-electron chi connectivity index (χ0n) is 19.2. The summed E-state index contributed by atoms with van der Waals surface area (Å²) in [6, 6.07) is 16.3. The molecular weight excluding hydrogens is 440 g/mol. The van der Waals surface area contributed by atoms with Crippen molar-refractivity contribution in [2.24, 2.45) is 11.5 Å². The summed E-state index contributed by atoms with van der Waals surface area (Å²) in [5, 5.41) is 17.2. The molecule has 2 heterocycles. The van der Waals surface area contributed by atoms with E-state index in [1.807, 2.05) is 24.3 Å². The first-order valence-corrected chi connectivity index (χ1v) is 10.5. The summed E-state index contributed by atoms with van der Waals surface area (Å²) in [7, 11) is 3.36. The van der Waals surface area contributed by atoms with Crippen molar-refractivity contribution in [3.63, 3.8) is 0 Å². The van der Waals surface area contributed by atoms with E-state index in [1.165, 1.54) is 21.8 Å². The average Bonchev–Trinajstić information content (AvgIpc) is 3.43. The van der Waals surface area contributed by atoms with Crippen LogP contribution >= 0.6 is 0 Å². The fourth-order valence-corrected chi connectivity index (χ4v) is 3.28. The molecule has 4 rings (SSSR count). The van der Waals surface area contributed by atoms with Gasteiger partial charge in [0.2, 0.25) is 0 Å². The monoisotopic (exact) mass is 470 g/mol. The van der Waals surface area contributed by atoms with Crippen molar-refractivity contribution in [3.8, 4) is 11.5 Å². The van der Waals surface area contributed by atoms with Crippen LogP contribution in [-0.2, 0) is 22.7 Å². The van der Waals surface area contributed by atoms with Gasteiger partial charge in [-0.1, -0.05) is 0 Å². The van der Waals surface area contributed by atoms with Gasteiger partial charge in [0.1, 0.15) is 11.5 Å². The number of rotatable bonds is 6. The van der Waals surface area contributed by atoms with Crippen LogP contribution in [0.15, 0.2) is 60.9 Å². The van der Waals surface area contributed by atoms with E-state index in [4.69, 9.17) is 40.7 Å². The molecule has 0 unspecified atom stereocenters. The maximum Gasteiger partial charge on any atom is 0.414 e. The number of carbonyl (C=O) groups is 2. The second-order valence-corrected chi connectivity index (χ2v) is 7.06. The van der Waals surface area contributed by atoms with Crippen LogP contribution in [0.3, 0.4) is 0 Å². The Morgan fingerprint density at radius 3 is 1.41 bits per heavy atom. The molecule has 0 aliphatic carbocycles. The fourth-order valence-electron chi connectivity index (χ4n) is 3.28. The van der Waals surface area contributed by atoms with E-state index in [1.54, 1.807) is 14.2 Å². The van der Waals surface area contributed by atoms with E-state index < -0.39 is 11.9 Å². The first kappa shape index (κ1) is 26.2. The van der Waals surface area contributed by atoms with Crippen LogP contribution in [0.1, 0.15) is 0 Å². The molecule has 4 aromatic rings. The molecule has 10 heteroatoms. The summed E-state index contributed by atoms with van der Waals surface area (Å²) in [6.07, 6.45) is 4.11. The first-order chi connectivity index (χ1) is 16.3. The number of carboxylic acids is 2. The Kier molecular flexibility index (Phi) is 9.93. The molecule has 0 fully saturated rings. The number of hydrogen-bond acceptors (Lipinski definition) is 6. The zero-order chi connectivity index (χ0) is 25.1. The third-order valence-electron chi connectivity index (χ3n) is 4.88. The highest BCUT2D eigenvalue weighted by atomic mass is 16.5. The summed E-state index contributed by atoms with van der Waals surface area (Å²) >= 11 is 0. The highest BCUT2D eigenvalue weighted by Gasteiger charge is 2.04. The molecule has 0 aliphatic heterocycles. The molecular formula is C24H30N4O6. The Labute approximate surface area is 196 Å². The Morgan fingerprint density at radius 1 is 0.735 bits per heavy atom. The van der Waals surface area contributed by atoms with Gasteiger partial charge in [0.15, 0.2) is 0 Å². The normalized spacial score (nSPS) is 10.1.